The smallest absolute Gasteiger partial charge is 0.391 e. The molecule has 142 valence electrons. The van der Waals surface area contributed by atoms with Crippen molar-refractivity contribution in [3.05, 3.63) is 33.9 Å². The van der Waals surface area contributed by atoms with Gasteiger partial charge in [0.25, 0.3) is 5.56 Å². The average Bonchev–Trinajstić information content (AvgIpc) is 2.99. The van der Waals surface area contributed by atoms with Crippen molar-refractivity contribution < 1.29 is 22.7 Å². The van der Waals surface area contributed by atoms with Gasteiger partial charge in [-0.1, -0.05) is 0 Å². The highest BCUT2D eigenvalue weighted by molar-refractivity contribution is 5.88. The van der Waals surface area contributed by atoms with Gasteiger partial charge in [-0.15, -0.1) is 0 Å². The van der Waals surface area contributed by atoms with Gasteiger partial charge in [-0.05, 0) is 44.9 Å². The number of aromatic nitrogens is 3. The maximum Gasteiger partial charge on any atom is 0.391 e. The van der Waals surface area contributed by atoms with Crippen LogP contribution in [0.3, 0.4) is 0 Å². The van der Waals surface area contributed by atoms with Crippen LogP contribution in [0.1, 0.15) is 48.8 Å². The van der Waals surface area contributed by atoms with E-state index in [1.807, 2.05) is 0 Å². The van der Waals surface area contributed by atoms with E-state index in [2.05, 4.69) is 10.1 Å². The van der Waals surface area contributed by atoms with Gasteiger partial charge in [-0.2, -0.15) is 13.2 Å². The highest BCUT2D eigenvalue weighted by Crippen LogP contribution is 2.40. The lowest BCUT2D eigenvalue weighted by Crippen LogP contribution is -2.28. The molecule has 0 bridgehead atoms. The molecule has 2 heterocycles. The Morgan fingerprint density at radius 2 is 2.00 bits per heavy atom. The predicted octanol–water partition coefficient (Wildman–Crippen LogP) is 3.11. The number of halogens is 3. The van der Waals surface area contributed by atoms with Gasteiger partial charge in [0.1, 0.15) is 5.69 Å². The summed E-state index contributed by atoms with van der Waals surface area (Å²) in [4.78, 5) is 28.3. The molecule has 9 heteroatoms. The van der Waals surface area contributed by atoms with Gasteiger partial charge in [0.15, 0.2) is 5.65 Å². The quantitative estimate of drug-likeness (QED) is 0.838. The Balaban J connectivity index is 1.73. The van der Waals surface area contributed by atoms with Crippen molar-refractivity contribution in [2.45, 2.75) is 45.2 Å². The van der Waals surface area contributed by atoms with Crippen LogP contribution < -0.4 is 5.56 Å². The van der Waals surface area contributed by atoms with Crippen molar-refractivity contribution in [1.82, 2.24) is 14.6 Å². The summed E-state index contributed by atoms with van der Waals surface area (Å²) < 4.78 is 44.3. The van der Waals surface area contributed by atoms with E-state index in [1.165, 1.54) is 12.1 Å². The van der Waals surface area contributed by atoms with Crippen LogP contribution in [0.5, 0.6) is 0 Å². The summed E-state index contributed by atoms with van der Waals surface area (Å²) in [6.07, 6.45) is -2.51. The van der Waals surface area contributed by atoms with Crippen LogP contribution in [0, 0.1) is 11.8 Å². The van der Waals surface area contributed by atoms with Crippen LogP contribution in [-0.4, -0.2) is 33.4 Å². The van der Waals surface area contributed by atoms with E-state index < -0.39 is 18.1 Å². The van der Waals surface area contributed by atoms with Crippen LogP contribution in [0.25, 0.3) is 5.65 Å². The molecule has 2 aromatic rings. The fourth-order valence-corrected chi connectivity index (χ4v) is 3.45. The second-order valence-electron chi connectivity index (χ2n) is 6.63. The Kier molecular flexibility index (Phi) is 5.06. The Hall–Kier alpha value is -2.32. The minimum absolute atomic E-state index is 0.0754. The predicted molar refractivity (Wildman–Crippen MR) is 87.0 cm³/mol. The number of esters is 1. The summed E-state index contributed by atoms with van der Waals surface area (Å²) in [5.74, 6) is -1.73. The van der Waals surface area contributed by atoms with Gasteiger partial charge in [-0.25, -0.2) is 14.3 Å². The highest BCUT2D eigenvalue weighted by Gasteiger charge is 2.41. The van der Waals surface area contributed by atoms with Gasteiger partial charge in [0.05, 0.1) is 12.5 Å². The minimum Gasteiger partial charge on any atom is -0.461 e. The highest BCUT2D eigenvalue weighted by atomic mass is 19.4. The first kappa shape index (κ1) is 18.5. The SMILES string of the molecule is CCOC(=O)c1cc2nc(CC3CCC(C(F)(F)F)CC3)cc(=O)n2[nH]1. The number of fused-ring (bicyclic) bond motifs is 1. The van der Waals surface area contributed by atoms with E-state index >= 15 is 0 Å². The fraction of sp³-hybridized carbons (Fsp3) is 0.588. The third-order valence-corrected chi connectivity index (χ3v) is 4.81. The molecule has 1 aliphatic carbocycles. The number of nitrogens with zero attached hydrogens (tertiary/aromatic N) is 2. The van der Waals surface area contributed by atoms with E-state index in [0.717, 1.165) is 4.52 Å². The van der Waals surface area contributed by atoms with Crippen molar-refractivity contribution in [3.63, 3.8) is 0 Å². The molecule has 1 saturated carbocycles. The summed E-state index contributed by atoms with van der Waals surface area (Å²) in [5.41, 5.74) is 0.572. The first-order valence-electron chi connectivity index (χ1n) is 8.63. The second-order valence-corrected chi connectivity index (χ2v) is 6.63. The lowest BCUT2D eigenvalue weighted by atomic mass is 9.79. The molecule has 1 aliphatic rings. The van der Waals surface area contributed by atoms with Gasteiger partial charge in [0.2, 0.25) is 0 Å². The van der Waals surface area contributed by atoms with Crippen LogP contribution in [0.2, 0.25) is 0 Å². The van der Waals surface area contributed by atoms with Gasteiger partial charge >= 0.3 is 12.1 Å². The first-order valence-corrected chi connectivity index (χ1v) is 8.63. The Labute approximate surface area is 147 Å². The molecular formula is C17H20F3N3O3. The molecule has 0 atom stereocenters. The molecule has 2 aromatic heterocycles. The number of H-pyrrole nitrogens is 1. The molecule has 1 fully saturated rings. The van der Waals surface area contributed by atoms with Crippen molar-refractivity contribution in [2.24, 2.45) is 11.8 Å². The van der Waals surface area contributed by atoms with Crippen LogP contribution >= 0.6 is 0 Å². The number of carbonyl (C=O) groups excluding carboxylic acids is 1. The second kappa shape index (κ2) is 7.13. The third-order valence-electron chi connectivity index (χ3n) is 4.81. The number of rotatable bonds is 4. The molecule has 6 nitrogen and oxygen atoms in total. The standard InChI is InChI=1S/C17H20F3N3O3/c1-2-26-16(25)13-9-14-21-12(8-15(24)23(14)22-13)7-10-3-5-11(6-4-10)17(18,19)20/h8-11,22H,2-7H2,1H3. The van der Waals surface area contributed by atoms with Crippen molar-refractivity contribution in [2.75, 3.05) is 6.61 Å². The van der Waals surface area contributed by atoms with E-state index in [4.69, 9.17) is 4.74 Å². The molecule has 0 aliphatic heterocycles. The molecule has 0 saturated heterocycles. The van der Waals surface area contributed by atoms with Crippen molar-refractivity contribution >= 4 is 11.6 Å². The summed E-state index contributed by atoms with van der Waals surface area (Å²) in [5, 5.41) is 2.64. The Bertz CT molecular complexity index is 848. The Morgan fingerprint density at radius 1 is 1.31 bits per heavy atom. The number of ether oxygens (including phenoxy) is 1. The monoisotopic (exact) mass is 371 g/mol. The summed E-state index contributed by atoms with van der Waals surface area (Å²) in [6, 6.07) is 2.79. The van der Waals surface area contributed by atoms with E-state index in [9.17, 15) is 22.8 Å². The number of hydrogen-bond donors (Lipinski definition) is 1. The summed E-state index contributed by atoms with van der Waals surface area (Å²) in [6.45, 7) is 1.89. The average molecular weight is 371 g/mol. The molecule has 0 amide bonds. The largest absolute Gasteiger partial charge is 0.461 e. The van der Waals surface area contributed by atoms with Gasteiger partial charge < -0.3 is 4.74 Å². The lowest BCUT2D eigenvalue weighted by molar-refractivity contribution is -0.183. The van der Waals surface area contributed by atoms with Crippen molar-refractivity contribution in [1.29, 1.82) is 0 Å². The van der Waals surface area contributed by atoms with Gasteiger partial charge in [-0.3, -0.25) is 9.89 Å². The molecule has 0 unspecified atom stereocenters. The maximum absolute atomic E-state index is 12.7. The number of nitrogens with one attached hydrogen (secondary N) is 1. The van der Waals surface area contributed by atoms with Crippen molar-refractivity contribution in [3.8, 4) is 0 Å². The number of carbonyl (C=O) groups is 1. The molecule has 0 radical (unpaired) electrons. The number of aromatic amines is 1. The molecular weight excluding hydrogens is 351 g/mol. The van der Waals surface area contributed by atoms with Crippen LogP contribution in [0.4, 0.5) is 13.2 Å². The molecule has 1 N–H and O–H groups in total. The lowest BCUT2D eigenvalue weighted by Gasteiger charge is -2.29. The van der Waals surface area contributed by atoms with Crippen LogP contribution in [-0.2, 0) is 11.2 Å². The van der Waals surface area contributed by atoms with Gasteiger partial charge in [0, 0.05) is 17.8 Å². The third kappa shape index (κ3) is 3.91. The zero-order valence-corrected chi connectivity index (χ0v) is 14.3. The normalized spacial score (nSPS) is 21.1. The zero-order valence-electron chi connectivity index (χ0n) is 14.3. The summed E-state index contributed by atoms with van der Waals surface area (Å²) >= 11 is 0. The zero-order chi connectivity index (χ0) is 18.9. The summed E-state index contributed by atoms with van der Waals surface area (Å²) in [7, 11) is 0. The molecule has 26 heavy (non-hydrogen) atoms. The van der Waals surface area contributed by atoms with E-state index in [1.54, 1.807) is 6.92 Å². The van der Waals surface area contributed by atoms with E-state index in [0.29, 0.717) is 30.6 Å². The minimum atomic E-state index is -4.13. The topological polar surface area (TPSA) is 76.5 Å². The Morgan fingerprint density at radius 3 is 2.62 bits per heavy atom. The maximum atomic E-state index is 12.7. The number of alkyl halides is 3. The van der Waals surface area contributed by atoms with E-state index in [-0.39, 0.29) is 36.6 Å². The molecule has 0 aromatic carbocycles. The molecule has 0 spiro atoms. The first-order chi connectivity index (χ1) is 12.3. The molecule has 3 rings (SSSR count). The van der Waals surface area contributed by atoms with Crippen LogP contribution in [0.15, 0.2) is 16.9 Å². The number of hydrogen-bond acceptors (Lipinski definition) is 4. The fourth-order valence-electron chi connectivity index (χ4n) is 3.45.